The Morgan fingerprint density at radius 3 is 2.25 bits per heavy atom. The summed E-state index contributed by atoms with van der Waals surface area (Å²) < 4.78 is 4.87. The van der Waals surface area contributed by atoms with Crippen molar-refractivity contribution in [3.63, 3.8) is 0 Å². The number of carbonyl (C=O) groups is 2. The molecule has 0 saturated heterocycles. The summed E-state index contributed by atoms with van der Waals surface area (Å²) in [5, 5.41) is 7.76. The van der Waals surface area contributed by atoms with Crippen LogP contribution in [0.3, 0.4) is 0 Å². The lowest BCUT2D eigenvalue weighted by molar-refractivity contribution is -0.117. The third-order valence-corrected chi connectivity index (χ3v) is 2.61. The molecule has 0 aliphatic heterocycles. The normalized spacial score (nSPS) is 11.6. The predicted octanol–water partition coefficient (Wildman–Crippen LogP) is 0.740. The molecule has 0 radical (unpaired) electrons. The summed E-state index contributed by atoms with van der Waals surface area (Å²) in [4.78, 5) is 22.9. The Morgan fingerprint density at radius 2 is 1.75 bits per heavy atom. The average Bonchev–Trinajstić information content (AvgIpc) is 2.46. The van der Waals surface area contributed by atoms with E-state index in [9.17, 15) is 9.59 Å². The van der Waals surface area contributed by atoms with Gasteiger partial charge in [-0.25, -0.2) is 4.79 Å². The lowest BCUT2D eigenvalue weighted by Crippen LogP contribution is -2.36. The van der Waals surface area contributed by atoms with Crippen molar-refractivity contribution in [3.05, 3.63) is 24.3 Å². The largest absolute Gasteiger partial charge is 0.385 e. The van der Waals surface area contributed by atoms with E-state index < -0.39 is 6.04 Å². The van der Waals surface area contributed by atoms with Crippen LogP contribution in [0.2, 0.25) is 0 Å². The fraction of sp³-hybridized carbons (Fsp3) is 0.385. The number of benzene rings is 1. The molecular weight excluding hydrogens is 260 g/mol. The number of anilines is 2. The molecule has 1 unspecified atom stereocenters. The van der Waals surface area contributed by atoms with Gasteiger partial charge in [-0.05, 0) is 30.7 Å². The summed E-state index contributed by atoms with van der Waals surface area (Å²) in [6, 6.07) is 5.83. The number of hydrogen-bond donors (Lipinski definition) is 4. The maximum Gasteiger partial charge on any atom is 0.318 e. The van der Waals surface area contributed by atoms with Crippen molar-refractivity contribution in [1.29, 1.82) is 0 Å². The Kier molecular flexibility index (Phi) is 6.48. The van der Waals surface area contributed by atoms with Gasteiger partial charge in [-0.15, -0.1) is 0 Å². The quantitative estimate of drug-likeness (QED) is 0.616. The monoisotopic (exact) mass is 280 g/mol. The molecule has 0 aromatic heterocycles. The van der Waals surface area contributed by atoms with E-state index in [1.165, 1.54) is 7.05 Å². The van der Waals surface area contributed by atoms with Crippen LogP contribution in [0.25, 0.3) is 0 Å². The van der Waals surface area contributed by atoms with Gasteiger partial charge < -0.3 is 26.4 Å². The Bertz CT molecular complexity index is 447. The van der Waals surface area contributed by atoms with Gasteiger partial charge in [0.25, 0.3) is 0 Å². The number of urea groups is 1. The van der Waals surface area contributed by atoms with E-state index in [0.717, 1.165) is 0 Å². The molecule has 0 fully saturated rings. The second-order valence-corrected chi connectivity index (χ2v) is 4.16. The van der Waals surface area contributed by atoms with E-state index in [0.29, 0.717) is 24.4 Å². The number of rotatable bonds is 6. The smallest absolute Gasteiger partial charge is 0.318 e. The number of hydrogen-bond acceptors (Lipinski definition) is 4. The highest BCUT2D eigenvalue weighted by Gasteiger charge is 2.13. The van der Waals surface area contributed by atoms with Crippen LogP contribution in [0.15, 0.2) is 24.3 Å². The molecule has 0 aliphatic rings. The zero-order valence-corrected chi connectivity index (χ0v) is 11.6. The van der Waals surface area contributed by atoms with Crippen molar-refractivity contribution >= 4 is 23.3 Å². The Labute approximate surface area is 117 Å². The fourth-order valence-electron chi connectivity index (χ4n) is 1.44. The second kappa shape index (κ2) is 8.13. The summed E-state index contributed by atoms with van der Waals surface area (Å²) in [6.07, 6.45) is 0.457. The Balaban J connectivity index is 2.52. The van der Waals surface area contributed by atoms with Gasteiger partial charge >= 0.3 is 6.03 Å². The van der Waals surface area contributed by atoms with E-state index in [2.05, 4.69) is 16.0 Å². The van der Waals surface area contributed by atoms with Gasteiger partial charge in [0, 0.05) is 32.1 Å². The van der Waals surface area contributed by atoms with Crippen molar-refractivity contribution in [2.75, 3.05) is 31.4 Å². The first-order valence-corrected chi connectivity index (χ1v) is 6.21. The first kappa shape index (κ1) is 15.9. The van der Waals surface area contributed by atoms with Crippen LogP contribution in [-0.4, -0.2) is 38.7 Å². The third-order valence-electron chi connectivity index (χ3n) is 2.61. The number of methoxy groups -OCH3 is 1. The molecule has 7 nitrogen and oxygen atoms in total. The van der Waals surface area contributed by atoms with E-state index in [1.807, 2.05) is 0 Å². The minimum Gasteiger partial charge on any atom is -0.385 e. The van der Waals surface area contributed by atoms with Crippen molar-refractivity contribution < 1.29 is 14.3 Å². The first-order chi connectivity index (χ1) is 9.56. The maximum atomic E-state index is 11.8. The van der Waals surface area contributed by atoms with Crippen LogP contribution >= 0.6 is 0 Å². The van der Waals surface area contributed by atoms with Gasteiger partial charge in [-0.3, -0.25) is 4.79 Å². The van der Waals surface area contributed by atoms with E-state index in [-0.39, 0.29) is 11.9 Å². The zero-order chi connectivity index (χ0) is 15.0. The fourth-order valence-corrected chi connectivity index (χ4v) is 1.44. The molecule has 1 aromatic rings. The standard InChI is InChI=1S/C13H20N4O3/c1-15-13(19)17-10-5-3-9(4-6-10)16-12(18)11(14)7-8-20-2/h3-6,11H,7-8,14H2,1-2H3,(H,16,18)(H2,15,17,19). The maximum absolute atomic E-state index is 11.8. The van der Waals surface area contributed by atoms with E-state index in [1.54, 1.807) is 31.4 Å². The zero-order valence-electron chi connectivity index (χ0n) is 11.6. The summed E-state index contributed by atoms with van der Waals surface area (Å²) in [5.74, 6) is -0.269. The van der Waals surface area contributed by atoms with Crippen LogP contribution in [0, 0.1) is 0 Å². The van der Waals surface area contributed by atoms with Gasteiger partial charge in [0.15, 0.2) is 0 Å². The van der Waals surface area contributed by atoms with Crippen molar-refractivity contribution in [2.24, 2.45) is 5.73 Å². The van der Waals surface area contributed by atoms with E-state index in [4.69, 9.17) is 10.5 Å². The second-order valence-electron chi connectivity index (χ2n) is 4.16. The number of nitrogens with two attached hydrogens (primary N) is 1. The Morgan fingerprint density at radius 1 is 1.20 bits per heavy atom. The molecule has 110 valence electrons. The van der Waals surface area contributed by atoms with Gasteiger partial charge in [0.2, 0.25) is 5.91 Å². The van der Waals surface area contributed by atoms with Crippen molar-refractivity contribution in [2.45, 2.75) is 12.5 Å². The van der Waals surface area contributed by atoms with Crippen LogP contribution in [0.1, 0.15) is 6.42 Å². The van der Waals surface area contributed by atoms with Gasteiger partial charge in [0.1, 0.15) is 0 Å². The lowest BCUT2D eigenvalue weighted by atomic mass is 10.2. The van der Waals surface area contributed by atoms with E-state index >= 15 is 0 Å². The average molecular weight is 280 g/mol. The molecule has 1 atom stereocenters. The minimum atomic E-state index is -0.612. The number of amides is 3. The molecule has 3 amide bonds. The van der Waals surface area contributed by atoms with Crippen molar-refractivity contribution in [3.8, 4) is 0 Å². The highest BCUT2D eigenvalue weighted by molar-refractivity contribution is 5.95. The van der Waals surface area contributed by atoms with Crippen molar-refractivity contribution in [1.82, 2.24) is 5.32 Å². The first-order valence-electron chi connectivity index (χ1n) is 6.21. The van der Waals surface area contributed by atoms with Gasteiger partial charge in [-0.1, -0.05) is 0 Å². The van der Waals surface area contributed by atoms with Crippen LogP contribution in [-0.2, 0) is 9.53 Å². The predicted molar refractivity (Wildman–Crippen MR) is 77.6 cm³/mol. The number of nitrogens with one attached hydrogen (secondary N) is 3. The molecule has 0 heterocycles. The number of carbonyl (C=O) groups excluding carboxylic acids is 2. The molecule has 7 heteroatoms. The topological polar surface area (TPSA) is 105 Å². The SMILES string of the molecule is CNC(=O)Nc1ccc(NC(=O)C(N)CCOC)cc1. The third kappa shape index (κ3) is 5.25. The molecule has 0 bridgehead atoms. The molecular formula is C13H20N4O3. The minimum absolute atomic E-state index is 0.269. The molecule has 20 heavy (non-hydrogen) atoms. The van der Waals surface area contributed by atoms with Crippen LogP contribution in [0.5, 0.6) is 0 Å². The van der Waals surface area contributed by atoms with Crippen LogP contribution < -0.4 is 21.7 Å². The highest BCUT2D eigenvalue weighted by Crippen LogP contribution is 2.13. The summed E-state index contributed by atoms with van der Waals surface area (Å²) in [5.41, 5.74) is 6.95. The van der Waals surface area contributed by atoms with Gasteiger partial charge in [-0.2, -0.15) is 0 Å². The number of ether oxygens (including phenoxy) is 1. The highest BCUT2D eigenvalue weighted by atomic mass is 16.5. The Hall–Kier alpha value is -2.12. The van der Waals surface area contributed by atoms with Gasteiger partial charge in [0.05, 0.1) is 6.04 Å². The summed E-state index contributed by atoms with van der Waals surface area (Å²) in [7, 11) is 3.09. The molecule has 5 N–H and O–H groups in total. The summed E-state index contributed by atoms with van der Waals surface area (Å²) in [6.45, 7) is 0.434. The lowest BCUT2D eigenvalue weighted by Gasteiger charge is -2.12. The molecule has 0 aliphatic carbocycles. The molecule has 1 rings (SSSR count). The molecule has 0 saturated carbocycles. The molecule has 0 spiro atoms. The molecule has 1 aromatic carbocycles. The van der Waals surface area contributed by atoms with Crippen LogP contribution in [0.4, 0.5) is 16.2 Å². The summed E-state index contributed by atoms with van der Waals surface area (Å²) >= 11 is 0.